The smallest absolute Gasteiger partial charge is 0.261 e. The molecule has 0 saturated carbocycles. The number of ether oxygens (including phenoxy) is 1. The normalized spacial score (nSPS) is 10.3. The second-order valence-corrected chi connectivity index (χ2v) is 5.97. The van der Waals surface area contributed by atoms with Crippen LogP contribution in [0.4, 0.5) is 5.69 Å². The number of hydrogen-bond acceptors (Lipinski definition) is 2. The Kier molecular flexibility index (Phi) is 4.68. The Balaban J connectivity index is 2.39. The summed E-state index contributed by atoms with van der Waals surface area (Å²) < 4.78 is 6.18. The van der Waals surface area contributed by atoms with Gasteiger partial charge in [0, 0.05) is 17.2 Å². The molecule has 0 N–H and O–H groups in total. The number of hydrogen-bond donors (Lipinski definition) is 0. The summed E-state index contributed by atoms with van der Waals surface area (Å²) >= 11 is 3.38. The maximum atomic E-state index is 12.7. The van der Waals surface area contributed by atoms with E-state index in [9.17, 15) is 4.79 Å². The Morgan fingerprint density at radius 2 is 1.71 bits per heavy atom. The fourth-order valence-corrected chi connectivity index (χ4v) is 2.62. The van der Waals surface area contributed by atoms with Crippen LogP contribution in [-0.2, 0) is 0 Å². The largest absolute Gasteiger partial charge is 0.496 e. The van der Waals surface area contributed by atoms with Gasteiger partial charge in [-0.3, -0.25) is 4.79 Å². The standard InChI is InChI=1S/C17H18BrNO2/c1-11-7-12(2)9-14(8-11)19(3)17(20)15-6-5-13(18)10-16(15)21-4/h5-10H,1-4H3. The van der Waals surface area contributed by atoms with Crippen molar-refractivity contribution in [3.05, 3.63) is 57.6 Å². The molecule has 0 aromatic heterocycles. The van der Waals surface area contributed by atoms with Gasteiger partial charge in [-0.2, -0.15) is 0 Å². The summed E-state index contributed by atoms with van der Waals surface area (Å²) in [5.41, 5.74) is 3.68. The molecule has 0 aliphatic heterocycles. The van der Waals surface area contributed by atoms with E-state index in [1.54, 1.807) is 31.2 Å². The first-order chi connectivity index (χ1) is 9.92. The molecule has 0 bridgehead atoms. The van der Waals surface area contributed by atoms with E-state index in [-0.39, 0.29) is 5.91 Å². The third-order valence-corrected chi connectivity index (χ3v) is 3.79. The predicted molar refractivity (Wildman–Crippen MR) is 89.3 cm³/mol. The summed E-state index contributed by atoms with van der Waals surface area (Å²) in [6.07, 6.45) is 0. The van der Waals surface area contributed by atoms with Crippen LogP contribution in [0.25, 0.3) is 0 Å². The van der Waals surface area contributed by atoms with Gasteiger partial charge in [0.15, 0.2) is 0 Å². The van der Waals surface area contributed by atoms with Crippen molar-refractivity contribution < 1.29 is 9.53 Å². The van der Waals surface area contributed by atoms with E-state index in [2.05, 4.69) is 22.0 Å². The quantitative estimate of drug-likeness (QED) is 0.825. The SMILES string of the molecule is COc1cc(Br)ccc1C(=O)N(C)c1cc(C)cc(C)c1. The summed E-state index contributed by atoms with van der Waals surface area (Å²) in [5.74, 6) is 0.468. The van der Waals surface area contributed by atoms with Gasteiger partial charge < -0.3 is 9.64 Å². The minimum atomic E-state index is -0.0932. The van der Waals surface area contributed by atoms with E-state index < -0.39 is 0 Å². The molecule has 0 aliphatic rings. The highest BCUT2D eigenvalue weighted by Crippen LogP contribution is 2.26. The number of aryl methyl sites for hydroxylation is 2. The van der Waals surface area contributed by atoms with Crippen molar-refractivity contribution in [3.63, 3.8) is 0 Å². The highest BCUT2D eigenvalue weighted by atomic mass is 79.9. The molecule has 0 aliphatic carbocycles. The Hall–Kier alpha value is -1.81. The molecule has 0 heterocycles. The lowest BCUT2D eigenvalue weighted by molar-refractivity contribution is 0.0990. The number of carbonyl (C=O) groups excluding carboxylic acids is 1. The molecule has 2 aromatic rings. The third-order valence-electron chi connectivity index (χ3n) is 3.29. The van der Waals surface area contributed by atoms with Gasteiger partial charge in [-0.05, 0) is 55.3 Å². The molecule has 0 radical (unpaired) electrons. The molecule has 0 atom stereocenters. The van der Waals surface area contributed by atoms with Gasteiger partial charge in [-0.1, -0.05) is 22.0 Å². The van der Waals surface area contributed by atoms with Crippen molar-refractivity contribution in [1.29, 1.82) is 0 Å². The second kappa shape index (κ2) is 6.31. The van der Waals surface area contributed by atoms with E-state index in [1.165, 1.54) is 0 Å². The fraction of sp³-hybridized carbons (Fsp3) is 0.235. The minimum absolute atomic E-state index is 0.0932. The number of halogens is 1. The predicted octanol–water partition coefficient (Wildman–Crippen LogP) is 4.35. The zero-order valence-electron chi connectivity index (χ0n) is 12.6. The van der Waals surface area contributed by atoms with Crippen molar-refractivity contribution >= 4 is 27.5 Å². The summed E-state index contributed by atoms with van der Waals surface area (Å²) in [6.45, 7) is 4.05. The van der Waals surface area contributed by atoms with Gasteiger partial charge in [0.25, 0.3) is 5.91 Å². The Labute approximate surface area is 133 Å². The maximum absolute atomic E-state index is 12.7. The molecular formula is C17H18BrNO2. The zero-order chi connectivity index (χ0) is 15.6. The molecule has 0 unspecified atom stereocenters. The van der Waals surface area contributed by atoms with Crippen molar-refractivity contribution in [1.82, 2.24) is 0 Å². The number of methoxy groups -OCH3 is 1. The summed E-state index contributed by atoms with van der Waals surface area (Å²) in [7, 11) is 3.34. The first-order valence-electron chi connectivity index (χ1n) is 6.62. The Morgan fingerprint density at radius 1 is 1.10 bits per heavy atom. The van der Waals surface area contributed by atoms with Crippen LogP contribution < -0.4 is 9.64 Å². The molecule has 21 heavy (non-hydrogen) atoms. The highest BCUT2D eigenvalue weighted by molar-refractivity contribution is 9.10. The van der Waals surface area contributed by atoms with Crippen molar-refractivity contribution in [3.8, 4) is 5.75 Å². The lowest BCUT2D eigenvalue weighted by Gasteiger charge is -2.20. The van der Waals surface area contributed by atoms with Gasteiger partial charge in [0.05, 0.1) is 12.7 Å². The van der Waals surface area contributed by atoms with Crippen molar-refractivity contribution in [2.24, 2.45) is 0 Å². The first kappa shape index (κ1) is 15.6. The molecule has 0 saturated heterocycles. The van der Waals surface area contributed by atoms with Crippen molar-refractivity contribution in [2.45, 2.75) is 13.8 Å². The van der Waals surface area contributed by atoms with Crippen LogP contribution in [0.3, 0.4) is 0 Å². The summed E-state index contributed by atoms with van der Waals surface area (Å²) in [5, 5.41) is 0. The van der Waals surface area contributed by atoms with Crippen LogP contribution >= 0.6 is 15.9 Å². The van der Waals surface area contributed by atoms with E-state index >= 15 is 0 Å². The molecule has 110 valence electrons. The average Bonchev–Trinajstić information content (AvgIpc) is 2.44. The lowest BCUT2D eigenvalue weighted by Crippen LogP contribution is -2.26. The van der Waals surface area contributed by atoms with Gasteiger partial charge in [-0.25, -0.2) is 0 Å². The van der Waals surface area contributed by atoms with Crippen LogP contribution in [0, 0.1) is 13.8 Å². The zero-order valence-corrected chi connectivity index (χ0v) is 14.2. The number of nitrogens with zero attached hydrogens (tertiary/aromatic N) is 1. The molecule has 0 spiro atoms. The molecule has 4 heteroatoms. The molecule has 2 aromatic carbocycles. The van der Waals surface area contributed by atoms with Crippen LogP contribution in [0.2, 0.25) is 0 Å². The molecule has 2 rings (SSSR count). The number of amides is 1. The summed E-state index contributed by atoms with van der Waals surface area (Å²) in [4.78, 5) is 14.3. The average molecular weight is 348 g/mol. The maximum Gasteiger partial charge on any atom is 0.261 e. The van der Waals surface area contributed by atoms with Gasteiger partial charge in [-0.15, -0.1) is 0 Å². The van der Waals surface area contributed by atoms with E-state index in [0.717, 1.165) is 21.3 Å². The first-order valence-corrected chi connectivity index (χ1v) is 7.41. The van der Waals surface area contributed by atoms with E-state index in [0.29, 0.717) is 11.3 Å². The monoisotopic (exact) mass is 347 g/mol. The fourth-order valence-electron chi connectivity index (χ4n) is 2.28. The molecular weight excluding hydrogens is 330 g/mol. The molecule has 1 amide bonds. The van der Waals surface area contributed by atoms with E-state index in [4.69, 9.17) is 4.74 Å². The minimum Gasteiger partial charge on any atom is -0.496 e. The van der Waals surface area contributed by atoms with Gasteiger partial charge >= 0.3 is 0 Å². The van der Waals surface area contributed by atoms with Crippen LogP contribution in [0.5, 0.6) is 5.75 Å². The number of rotatable bonds is 3. The van der Waals surface area contributed by atoms with Crippen molar-refractivity contribution in [2.75, 3.05) is 19.1 Å². The topological polar surface area (TPSA) is 29.5 Å². The summed E-state index contributed by atoms with van der Waals surface area (Å²) in [6, 6.07) is 11.5. The van der Waals surface area contributed by atoms with Crippen LogP contribution in [-0.4, -0.2) is 20.1 Å². The lowest BCUT2D eigenvalue weighted by atomic mass is 10.1. The number of anilines is 1. The molecule has 0 fully saturated rings. The van der Waals surface area contributed by atoms with Crippen LogP contribution in [0.1, 0.15) is 21.5 Å². The van der Waals surface area contributed by atoms with Gasteiger partial charge in [0.1, 0.15) is 5.75 Å². The molecule has 3 nitrogen and oxygen atoms in total. The van der Waals surface area contributed by atoms with E-state index in [1.807, 2.05) is 32.0 Å². The number of carbonyl (C=O) groups is 1. The highest BCUT2D eigenvalue weighted by Gasteiger charge is 2.18. The van der Waals surface area contributed by atoms with Crippen LogP contribution in [0.15, 0.2) is 40.9 Å². The second-order valence-electron chi connectivity index (χ2n) is 5.05. The Morgan fingerprint density at radius 3 is 2.29 bits per heavy atom. The van der Waals surface area contributed by atoms with Gasteiger partial charge in [0.2, 0.25) is 0 Å². The number of benzene rings is 2. The Bertz CT molecular complexity index is 662. The third kappa shape index (κ3) is 3.45.